The Kier molecular flexibility index (Phi) is 4.48. The first-order valence-corrected chi connectivity index (χ1v) is 9.18. The van der Waals surface area contributed by atoms with Gasteiger partial charge in [-0.05, 0) is 36.6 Å². The van der Waals surface area contributed by atoms with E-state index >= 15 is 0 Å². The molecule has 132 valence electrons. The van der Waals surface area contributed by atoms with Gasteiger partial charge in [-0.1, -0.05) is 24.6 Å². The van der Waals surface area contributed by atoms with Gasteiger partial charge in [-0.15, -0.1) is 0 Å². The molecule has 0 spiro atoms. The van der Waals surface area contributed by atoms with Crippen molar-refractivity contribution in [1.29, 1.82) is 0 Å². The third kappa shape index (κ3) is 3.05. The molecule has 1 aliphatic heterocycles. The first-order chi connectivity index (χ1) is 12.2. The molecule has 1 saturated carbocycles. The van der Waals surface area contributed by atoms with Crippen LogP contribution in [0.5, 0.6) is 5.75 Å². The Morgan fingerprint density at radius 1 is 1.20 bits per heavy atom. The average molecular weight is 338 g/mol. The second kappa shape index (κ2) is 6.77. The second-order valence-electron chi connectivity index (χ2n) is 7.44. The standard InChI is InChI=1S/C21H26N2O2/c1-25-20-9-2-5-16(11-20)13-23-14-18-6-3-7-19(15-23)21(18,24)17-8-4-10-22-12-17/h2,4-5,8-12,18-19,24H,3,6-7,13-15H2,1H3/t18-,19+,21?. The van der Waals surface area contributed by atoms with Crippen molar-refractivity contribution in [2.45, 2.75) is 31.4 Å². The number of pyridine rings is 1. The third-order valence-electron chi connectivity index (χ3n) is 5.97. The molecule has 1 N–H and O–H groups in total. The number of fused-ring (bicyclic) bond motifs is 2. The van der Waals surface area contributed by atoms with Gasteiger partial charge in [0.2, 0.25) is 0 Å². The molecule has 2 heterocycles. The smallest absolute Gasteiger partial charge is 0.119 e. The van der Waals surface area contributed by atoms with E-state index in [1.807, 2.05) is 30.5 Å². The lowest BCUT2D eigenvalue weighted by molar-refractivity contribution is -0.148. The van der Waals surface area contributed by atoms with Crippen LogP contribution in [0.3, 0.4) is 0 Å². The van der Waals surface area contributed by atoms with Gasteiger partial charge in [-0.2, -0.15) is 0 Å². The van der Waals surface area contributed by atoms with Crippen LogP contribution in [0.2, 0.25) is 0 Å². The second-order valence-corrected chi connectivity index (χ2v) is 7.44. The number of aromatic nitrogens is 1. The minimum absolute atomic E-state index is 0.273. The SMILES string of the molecule is COc1cccc(CN2C[C@H]3CCC[C@@H](C2)C3(O)c2cccnc2)c1. The molecule has 1 aromatic carbocycles. The first-order valence-electron chi connectivity index (χ1n) is 9.18. The summed E-state index contributed by atoms with van der Waals surface area (Å²) in [5, 5.41) is 11.6. The molecule has 1 unspecified atom stereocenters. The Balaban J connectivity index is 1.55. The molecule has 25 heavy (non-hydrogen) atoms. The molecule has 4 rings (SSSR count). The van der Waals surface area contributed by atoms with Gasteiger partial charge >= 0.3 is 0 Å². The lowest BCUT2D eigenvalue weighted by Crippen LogP contribution is -2.57. The van der Waals surface area contributed by atoms with Crippen molar-refractivity contribution in [1.82, 2.24) is 9.88 Å². The Morgan fingerprint density at radius 2 is 2.00 bits per heavy atom. The van der Waals surface area contributed by atoms with Gasteiger partial charge in [0.1, 0.15) is 5.75 Å². The quantitative estimate of drug-likeness (QED) is 0.930. The maximum absolute atomic E-state index is 11.6. The number of hydrogen-bond acceptors (Lipinski definition) is 4. The lowest BCUT2D eigenvalue weighted by atomic mass is 9.63. The number of aliphatic hydroxyl groups is 1. The molecule has 0 radical (unpaired) electrons. The average Bonchev–Trinajstić information content (AvgIpc) is 2.63. The van der Waals surface area contributed by atoms with E-state index < -0.39 is 5.60 Å². The zero-order valence-corrected chi connectivity index (χ0v) is 14.8. The summed E-state index contributed by atoms with van der Waals surface area (Å²) in [4.78, 5) is 6.74. The molecule has 3 atom stereocenters. The van der Waals surface area contributed by atoms with Crippen LogP contribution in [0.1, 0.15) is 30.4 Å². The van der Waals surface area contributed by atoms with Crippen LogP contribution in [-0.2, 0) is 12.1 Å². The molecule has 2 bridgehead atoms. The molecule has 2 aliphatic rings. The van der Waals surface area contributed by atoms with Crippen molar-refractivity contribution in [2.75, 3.05) is 20.2 Å². The van der Waals surface area contributed by atoms with E-state index in [0.717, 1.165) is 43.8 Å². The minimum Gasteiger partial charge on any atom is -0.497 e. The van der Waals surface area contributed by atoms with E-state index in [9.17, 15) is 5.11 Å². The highest BCUT2D eigenvalue weighted by Crippen LogP contribution is 2.49. The minimum atomic E-state index is -0.725. The van der Waals surface area contributed by atoms with Crippen LogP contribution < -0.4 is 4.74 Å². The molecule has 2 fully saturated rings. The fraction of sp³-hybridized carbons (Fsp3) is 0.476. The predicted octanol–water partition coefficient (Wildman–Crippen LogP) is 3.21. The summed E-state index contributed by atoms with van der Waals surface area (Å²) in [6.07, 6.45) is 7.00. The highest BCUT2D eigenvalue weighted by Gasteiger charge is 2.51. The Bertz CT molecular complexity index is 705. The van der Waals surface area contributed by atoms with Crippen LogP contribution >= 0.6 is 0 Å². The highest BCUT2D eigenvalue weighted by atomic mass is 16.5. The van der Waals surface area contributed by atoms with E-state index in [4.69, 9.17) is 4.74 Å². The van der Waals surface area contributed by atoms with E-state index in [-0.39, 0.29) is 11.8 Å². The summed E-state index contributed by atoms with van der Waals surface area (Å²) in [6.45, 7) is 2.77. The summed E-state index contributed by atoms with van der Waals surface area (Å²) >= 11 is 0. The van der Waals surface area contributed by atoms with Gasteiger partial charge in [0, 0.05) is 49.4 Å². The normalized spacial score (nSPS) is 29.4. The monoisotopic (exact) mass is 338 g/mol. The van der Waals surface area contributed by atoms with Crippen molar-refractivity contribution in [3.05, 3.63) is 59.9 Å². The topological polar surface area (TPSA) is 45.6 Å². The van der Waals surface area contributed by atoms with Gasteiger partial charge in [0.25, 0.3) is 0 Å². The number of ether oxygens (including phenoxy) is 1. The molecule has 2 aromatic rings. The van der Waals surface area contributed by atoms with E-state index in [2.05, 4.69) is 22.0 Å². The molecular weight excluding hydrogens is 312 g/mol. The van der Waals surface area contributed by atoms with Crippen molar-refractivity contribution in [2.24, 2.45) is 11.8 Å². The van der Waals surface area contributed by atoms with Crippen LogP contribution in [-0.4, -0.2) is 35.2 Å². The summed E-state index contributed by atoms with van der Waals surface area (Å²) in [5.41, 5.74) is 1.53. The van der Waals surface area contributed by atoms with Crippen LogP contribution in [0.4, 0.5) is 0 Å². The van der Waals surface area contributed by atoms with Crippen molar-refractivity contribution >= 4 is 0 Å². The van der Waals surface area contributed by atoms with E-state index in [1.165, 1.54) is 12.0 Å². The number of methoxy groups -OCH3 is 1. The maximum atomic E-state index is 11.6. The molecular formula is C21H26N2O2. The van der Waals surface area contributed by atoms with Gasteiger partial charge in [0.15, 0.2) is 0 Å². The first kappa shape index (κ1) is 16.6. The number of nitrogens with zero attached hydrogens (tertiary/aromatic N) is 2. The Labute approximate surface area is 149 Å². The van der Waals surface area contributed by atoms with Gasteiger partial charge < -0.3 is 9.84 Å². The molecule has 1 aromatic heterocycles. The maximum Gasteiger partial charge on any atom is 0.119 e. The summed E-state index contributed by atoms with van der Waals surface area (Å²) in [6, 6.07) is 12.3. The zero-order valence-electron chi connectivity index (χ0n) is 14.8. The largest absolute Gasteiger partial charge is 0.497 e. The van der Waals surface area contributed by atoms with Crippen LogP contribution in [0, 0.1) is 11.8 Å². The molecule has 0 amide bonds. The van der Waals surface area contributed by atoms with Gasteiger partial charge in [-0.25, -0.2) is 0 Å². The third-order valence-corrected chi connectivity index (χ3v) is 5.97. The predicted molar refractivity (Wildman–Crippen MR) is 97.2 cm³/mol. The Morgan fingerprint density at radius 3 is 2.68 bits per heavy atom. The van der Waals surface area contributed by atoms with Crippen molar-refractivity contribution < 1.29 is 9.84 Å². The molecule has 4 heteroatoms. The molecule has 4 nitrogen and oxygen atoms in total. The summed E-state index contributed by atoms with van der Waals surface area (Å²) in [7, 11) is 1.71. The Hall–Kier alpha value is -1.91. The number of rotatable bonds is 4. The zero-order chi connectivity index (χ0) is 17.3. The summed E-state index contributed by atoms with van der Waals surface area (Å²) in [5.74, 6) is 1.45. The van der Waals surface area contributed by atoms with E-state index in [0.29, 0.717) is 0 Å². The fourth-order valence-corrected chi connectivity index (χ4v) is 4.77. The number of piperidine rings is 1. The molecule has 1 saturated heterocycles. The number of likely N-dealkylation sites (tertiary alicyclic amines) is 1. The van der Waals surface area contributed by atoms with Gasteiger partial charge in [0.05, 0.1) is 12.7 Å². The highest BCUT2D eigenvalue weighted by molar-refractivity contribution is 5.29. The lowest BCUT2D eigenvalue weighted by Gasteiger charge is -2.53. The summed E-state index contributed by atoms with van der Waals surface area (Å²) < 4.78 is 5.34. The number of benzene rings is 1. The van der Waals surface area contributed by atoms with Gasteiger partial charge in [-0.3, -0.25) is 9.88 Å². The molecule has 1 aliphatic carbocycles. The van der Waals surface area contributed by atoms with Crippen molar-refractivity contribution in [3.63, 3.8) is 0 Å². The van der Waals surface area contributed by atoms with Crippen LogP contribution in [0.15, 0.2) is 48.8 Å². The number of hydrogen-bond donors (Lipinski definition) is 1. The van der Waals surface area contributed by atoms with Crippen molar-refractivity contribution in [3.8, 4) is 5.75 Å². The fourth-order valence-electron chi connectivity index (χ4n) is 4.77. The van der Waals surface area contributed by atoms with Crippen LogP contribution in [0.25, 0.3) is 0 Å². The van der Waals surface area contributed by atoms with E-state index in [1.54, 1.807) is 13.3 Å².